The molecule has 1 aliphatic rings. The summed E-state index contributed by atoms with van der Waals surface area (Å²) < 4.78 is 40.3. The number of carbonyl (C=O) groups is 1. The topological polar surface area (TPSA) is 79.4 Å². The van der Waals surface area contributed by atoms with Crippen LogP contribution in [0.4, 0.5) is 4.39 Å². The van der Waals surface area contributed by atoms with E-state index in [9.17, 15) is 17.6 Å². The number of nitrogens with one attached hydrogen (secondary N) is 1. The van der Waals surface area contributed by atoms with Gasteiger partial charge in [-0.1, -0.05) is 26.0 Å². The highest BCUT2D eigenvalue weighted by molar-refractivity contribution is 7.89. The van der Waals surface area contributed by atoms with Crippen LogP contribution in [-0.4, -0.2) is 36.2 Å². The van der Waals surface area contributed by atoms with Gasteiger partial charge in [0, 0.05) is 18.4 Å². The van der Waals surface area contributed by atoms with Crippen LogP contribution in [0.5, 0.6) is 0 Å². The molecule has 0 bridgehead atoms. The van der Waals surface area contributed by atoms with Gasteiger partial charge in [-0.25, -0.2) is 12.8 Å². The average Bonchev–Trinajstić information content (AvgIpc) is 3.50. The number of hydrogen-bond acceptors (Lipinski definition) is 4. The molecule has 1 saturated carbocycles. The zero-order valence-corrected chi connectivity index (χ0v) is 16.7. The van der Waals surface area contributed by atoms with Gasteiger partial charge in [-0.3, -0.25) is 9.78 Å². The standard InChI is InChI=1S/C20H24FN3O3S/c1-14(2)20(15-5-7-16(21)8-6-15)23-19(25)13-24(17-9-10-17)28(26,27)18-4-3-11-22-12-18/h3-8,11-12,14,17,20H,9-10,13H2,1-2H3,(H,23,25). The maximum Gasteiger partial charge on any atom is 0.245 e. The summed E-state index contributed by atoms with van der Waals surface area (Å²) in [5, 5.41) is 2.91. The molecule has 8 heteroatoms. The minimum Gasteiger partial charge on any atom is -0.348 e. The highest BCUT2D eigenvalue weighted by atomic mass is 32.2. The van der Waals surface area contributed by atoms with Crippen molar-refractivity contribution in [2.75, 3.05) is 6.54 Å². The van der Waals surface area contributed by atoms with E-state index in [0.717, 1.165) is 18.4 Å². The first-order valence-corrected chi connectivity index (χ1v) is 10.7. The number of halogens is 1. The molecule has 2 aromatic rings. The second-order valence-corrected chi connectivity index (χ2v) is 9.20. The molecule has 1 aliphatic carbocycles. The molecular formula is C20H24FN3O3S. The largest absolute Gasteiger partial charge is 0.348 e. The number of aromatic nitrogens is 1. The summed E-state index contributed by atoms with van der Waals surface area (Å²) in [5.74, 6) is -0.679. The van der Waals surface area contributed by atoms with Crippen molar-refractivity contribution in [2.45, 2.75) is 43.7 Å². The molecule has 6 nitrogen and oxygen atoms in total. The van der Waals surface area contributed by atoms with Crippen molar-refractivity contribution in [1.82, 2.24) is 14.6 Å². The number of amides is 1. The van der Waals surface area contributed by atoms with Crippen molar-refractivity contribution < 1.29 is 17.6 Å². The molecule has 1 unspecified atom stereocenters. The summed E-state index contributed by atoms with van der Waals surface area (Å²) >= 11 is 0. The van der Waals surface area contributed by atoms with Gasteiger partial charge in [0.1, 0.15) is 10.7 Å². The van der Waals surface area contributed by atoms with Gasteiger partial charge in [0.2, 0.25) is 15.9 Å². The number of rotatable bonds is 8. The fourth-order valence-electron chi connectivity index (χ4n) is 3.07. The van der Waals surface area contributed by atoms with Gasteiger partial charge in [-0.2, -0.15) is 4.31 Å². The monoisotopic (exact) mass is 405 g/mol. The molecule has 1 aromatic heterocycles. The molecule has 1 fully saturated rings. The normalized spacial score (nSPS) is 15.6. The van der Waals surface area contributed by atoms with E-state index in [4.69, 9.17) is 0 Å². The number of carbonyl (C=O) groups excluding carboxylic acids is 1. The smallest absolute Gasteiger partial charge is 0.245 e. The summed E-state index contributed by atoms with van der Waals surface area (Å²) in [7, 11) is -3.80. The predicted octanol–water partition coefficient (Wildman–Crippen LogP) is 2.89. The van der Waals surface area contributed by atoms with Crippen LogP contribution in [0.25, 0.3) is 0 Å². The Balaban J connectivity index is 1.76. The summed E-state index contributed by atoms with van der Waals surface area (Å²) in [4.78, 5) is 16.7. The number of pyridine rings is 1. The van der Waals surface area contributed by atoms with E-state index in [1.807, 2.05) is 13.8 Å². The minimum absolute atomic E-state index is 0.0544. The van der Waals surface area contributed by atoms with Crippen LogP contribution in [0.3, 0.4) is 0 Å². The Morgan fingerprint density at radius 1 is 1.25 bits per heavy atom. The lowest BCUT2D eigenvalue weighted by atomic mass is 9.96. The van der Waals surface area contributed by atoms with Crippen molar-refractivity contribution in [3.05, 3.63) is 60.2 Å². The third-order valence-electron chi connectivity index (χ3n) is 4.71. The van der Waals surface area contributed by atoms with E-state index in [1.165, 1.54) is 34.9 Å². The first-order chi connectivity index (χ1) is 13.3. The molecular weight excluding hydrogens is 381 g/mol. The van der Waals surface area contributed by atoms with E-state index in [-0.39, 0.29) is 41.2 Å². The number of benzene rings is 1. The molecule has 0 radical (unpaired) electrons. The Morgan fingerprint density at radius 3 is 2.46 bits per heavy atom. The maximum atomic E-state index is 13.2. The number of nitrogens with zero attached hydrogens (tertiary/aromatic N) is 2. The third kappa shape index (κ3) is 4.74. The van der Waals surface area contributed by atoms with Crippen molar-refractivity contribution in [3.63, 3.8) is 0 Å². The third-order valence-corrected chi connectivity index (χ3v) is 6.59. The highest BCUT2D eigenvalue weighted by Gasteiger charge is 2.39. The summed E-state index contributed by atoms with van der Waals surface area (Å²) in [5.41, 5.74) is 0.776. The molecule has 1 N–H and O–H groups in total. The van der Waals surface area contributed by atoms with E-state index in [0.29, 0.717) is 0 Å². The van der Waals surface area contributed by atoms with E-state index in [1.54, 1.807) is 18.2 Å². The summed E-state index contributed by atoms with van der Waals surface area (Å²) in [6.07, 6.45) is 4.26. The zero-order chi connectivity index (χ0) is 20.3. The molecule has 1 amide bonds. The SMILES string of the molecule is CC(C)C(NC(=O)CN(C1CC1)S(=O)(=O)c1cccnc1)c1ccc(F)cc1. The van der Waals surface area contributed by atoms with Crippen molar-refractivity contribution >= 4 is 15.9 Å². The molecule has 28 heavy (non-hydrogen) atoms. The van der Waals surface area contributed by atoms with Gasteiger partial charge in [-0.05, 0) is 48.6 Å². The molecule has 0 saturated heterocycles. The second-order valence-electron chi connectivity index (χ2n) is 7.31. The Labute approximate surface area is 164 Å². The van der Waals surface area contributed by atoms with Crippen LogP contribution in [0.1, 0.15) is 38.3 Å². The van der Waals surface area contributed by atoms with Crippen LogP contribution < -0.4 is 5.32 Å². The average molecular weight is 405 g/mol. The maximum absolute atomic E-state index is 13.2. The zero-order valence-electron chi connectivity index (χ0n) is 15.9. The van der Waals surface area contributed by atoms with Crippen molar-refractivity contribution in [3.8, 4) is 0 Å². The molecule has 150 valence electrons. The van der Waals surface area contributed by atoms with Gasteiger partial charge in [0.15, 0.2) is 0 Å². The Bertz CT molecular complexity index is 913. The van der Waals surface area contributed by atoms with Gasteiger partial charge in [-0.15, -0.1) is 0 Å². The lowest BCUT2D eigenvalue weighted by Crippen LogP contribution is -2.43. The highest BCUT2D eigenvalue weighted by Crippen LogP contribution is 2.32. The lowest BCUT2D eigenvalue weighted by Gasteiger charge is -2.26. The molecule has 0 aliphatic heterocycles. The first-order valence-electron chi connectivity index (χ1n) is 9.25. The quantitative estimate of drug-likeness (QED) is 0.732. The second kappa shape index (κ2) is 8.36. The van der Waals surface area contributed by atoms with Gasteiger partial charge in [0.05, 0.1) is 12.6 Å². The van der Waals surface area contributed by atoms with Crippen LogP contribution in [0.2, 0.25) is 0 Å². The van der Waals surface area contributed by atoms with Crippen LogP contribution in [-0.2, 0) is 14.8 Å². The predicted molar refractivity (Wildman–Crippen MR) is 103 cm³/mol. The number of sulfonamides is 1. The van der Waals surface area contributed by atoms with Crippen LogP contribution >= 0.6 is 0 Å². The van der Waals surface area contributed by atoms with E-state index < -0.39 is 10.0 Å². The fraction of sp³-hybridized carbons (Fsp3) is 0.400. The van der Waals surface area contributed by atoms with E-state index >= 15 is 0 Å². The molecule has 0 spiro atoms. The molecule has 1 aromatic carbocycles. The Hall–Kier alpha value is -2.32. The minimum atomic E-state index is -3.80. The Morgan fingerprint density at radius 2 is 1.93 bits per heavy atom. The van der Waals surface area contributed by atoms with Gasteiger partial charge < -0.3 is 5.32 Å². The first kappa shape index (κ1) is 20.4. The van der Waals surface area contributed by atoms with Crippen molar-refractivity contribution in [1.29, 1.82) is 0 Å². The number of hydrogen-bond donors (Lipinski definition) is 1. The summed E-state index contributed by atoms with van der Waals surface area (Å²) in [6.45, 7) is 3.63. The molecule has 1 heterocycles. The fourth-order valence-corrected chi connectivity index (χ4v) is 4.68. The van der Waals surface area contributed by atoms with Gasteiger partial charge in [0.25, 0.3) is 0 Å². The Kier molecular flexibility index (Phi) is 6.10. The van der Waals surface area contributed by atoms with Crippen LogP contribution in [0, 0.1) is 11.7 Å². The van der Waals surface area contributed by atoms with Crippen LogP contribution in [0.15, 0.2) is 53.7 Å². The molecule has 3 rings (SSSR count). The van der Waals surface area contributed by atoms with E-state index in [2.05, 4.69) is 10.3 Å². The lowest BCUT2D eigenvalue weighted by molar-refractivity contribution is -0.122. The molecule has 1 atom stereocenters. The van der Waals surface area contributed by atoms with Crippen molar-refractivity contribution in [2.24, 2.45) is 5.92 Å². The van der Waals surface area contributed by atoms with Gasteiger partial charge >= 0.3 is 0 Å². The summed E-state index contributed by atoms with van der Waals surface area (Å²) in [6, 6.07) is 8.48.